The number of hydrogen-bond acceptors (Lipinski definition) is 4. The molecule has 1 heterocycles. The van der Waals surface area contributed by atoms with Crippen LogP contribution in [-0.4, -0.2) is 5.78 Å². The minimum Gasteiger partial charge on any atom is -0.384 e. The van der Waals surface area contributed by atoms with E-state index in [-0.39, 0.29) is 11.2 Å². The molecule has 0 spiro atoms. The fraction of sp³-hybridized carbons (Fsp3) is 0.250. The first-order valence-electron chi connectivity index (χ1n) is 9.59. The molecule has 2 aliphatic rings. The first kappa shape index (κ1) is 19.3. The normalized spacial score (nSPS) is 21.1. The number of rotatable bonds is 2. The molecule has 4 nitrogen and oxygen atoms in total. The van der Waals surface area contributed by atoms with E-state index in [4.69, 9.17) is 17.3 Å². The number of carbonyl (C=O) groups excluding carboxylic acids is 1. The monoisotopic (exact) mass is 403 g/mol. The van der Waals surface area contributed by atoms with Crippen LogP contribution >= 0.6 is 11.6 Å². The summed E-state index contributed by atoms with van der Waals surface area (Å²) in [4.78, 5) is 15.2. The molecule has 146 valence electrons. The van der Waals surface area contributed by atoms with Crippen molar-refractivity contribution in [3.8, 4) is 6.07 Å². The summed E-state index contributed by atoms with van der Waals surface area (Å²) < 4.78 is 0. The Balaban J connectivity index is 1.99. The maximum absolute atomic E-state index is 13.3. The molecule has 0 fully saturated rings. The van der Waals surface area contributed by atoms with Crippen molar-refractivity contribution in [2.75, 3.05) is 4.90 Å². The lowest BCUT2D eigenvalue weighted by molar-refractivity contribution is -0.118. The van der Waals surface area contributed by atoms with E-state index in [1.54, 1.807) is 12.1 Å². The molecular weight excluding hydrogens is 382 g/mol. The van der Waals surface area contributed by atoms with Crippen molar-refractivity contribution in [1.29, 1.82) is 5.26 Å². The second-order valence-electron chi connectivity index (χ2n) is 8.37. The van der Waals surface area contributed by atoms with E-state index in [1.807, 2.05) is 47.4 Å². The lowest BCUT2D eigenvalue weighted by Gasteiger charge is -2.43. The fourth-order valence-corrected chi connectivity index (χ4v) is 4.50. The van der Waals surface area contributed by atoms with Crippen LogP contribution in [0.25, 0.3) is 0 Å². The zero-order valence-electron chi connectivity index (χ0n) is 16.4. The summed E-state index contributed by atoms with van der Waals surface area (Å²) in [6.45, 7) is 4.18. The number of ketones is 1. The van der Waals surface area contributed by atoms with Gasteiger partial charge in [-0.25, -0.2) is 0 Å². The van der Waals surface area contributed by atoms with Crippen molar-refractivity contribution in [3.63, 3.8) is 0 Å². The van der Waals surface area contributed by atoms with Crippen molar-refractivity contribution in [3.05, 3.63) is 87.8 Å². The fourth-order valence-electron chi connectivity index (χ4n) is 4.37. The molecule has 1 atom stereocenters. The van der Waals surface area contributed by atoms with Gasteiger partial charge in [0.25, 0.3) is 0 Å². The van der Waals surface area contributed by atoms with E-state index < -0.39 is 5.92 Å². The number of halogens is 1. The van der Waals surface area contributed by atoms with Crippen molar-refractivity contribution in [2.24, 2.45) is 11.1 Å². The van der Waals surface area contributed by atoms with Gasteiger partial charge in [-0.2, -0.15) is 5.26 Å². The number of nitriles is 1. The predicted molar refractivity (Wildman–Crippen MR) is 115 cm³/mol. The number of anilines is 1. The molecule has 29 heavy (non-hydrogen) atoms. The van der Waals surface area contributed by atoms with Crippen LogP contribution in [0, 0.1) is 16.7 Å². The highest BCUT2D eigenvalue weighted by Gasteiger charge is 2.44. The molecule has 0 saturated carbocycles. The molecular formula is C24H22ClN3O. The van der Waals surface area contributed by atoms with Gasteiger partial charge in [0, 0.05) is 28.4 Å². The van der Waals surface area contributed by atoms with E-state index in [9.17, 15) is 10.1 Å². The third-order valence-electron chi connectivity index (χ3n) is 5.60. The Morgan fingerprint density at radius 3 is 2.38 bits per heavy atom. The first-order chi connectivity index (χ1) is 13.8. The highest BCUT2D eigenvalue weighted by molar-refractivity contribution is 6.30. The van der Waals surface area contributed by atoms with Gasteiger partial charge >= 0.3 is 0 Å². The van der Waals surface area contributed by atoms with Gasteiger partial charge in [-0.15, -0.1) is 0 Å². The van der Waals surface area contributed by atoms with Gasteiger partial charge in [-0.05, 0) is 41.7 Å². The minimum atomic E-state index is -0.441. The molecule has 1 aliphatic heterocycles. The number of carbonyl (C=O) groups is 1. The average Bonchev–Trinajstić information content (AvgIpc) is 2.68. The first-order valence-corrected chi connectivity index (χ1v) is 9.97. The van der Waals surface area contributed by atoms with Crippen LogP contribution in [0.2, 0.25) is 5.02 Å². The van der Waals surface area contributed by atoms with Gasteiger partial charge in [0.05, 0.1) is 17.6 Å². The predicted octanol–water partition coefficient (Wildman–Crippen LogP) is 5.28. The topological polar surface area (TPSA) is 70.1 Å². The highest BCUT2D eigenvalue weighted by Crippen LogP contribution is 2.50. The van der Waals surface area contributed by atoms with Crippen LogP contribution in [0.15, 0.2) is 77.3 Å². The van der Waals surface area contributed by atoms with Crippen LogP contribution in [-0.2, 0) is 4.79 Å². The summed E-state index contributed by atoms with van der Waals surface area (Å²) in [6.07, 6.45) is 1.14. The molecule has 2 aromatic carbocycles. The van der Waals surface area contributed by atoms with Crippen LogP contribution in [0.1, 0.15) is 38.2 Å². The SMILES string of the molecule is CC1(C)CC(=O)C2=C(C1)N(c1ccc(Cl)cc1)C(N)=C(C#N)C2c1ccccc1. The molecule has 0 amide bonds. The molecule has 0 radical (unpaired) electrons. The zero-order chi connectivity index (χ0) is 20.8. The van der Waals surface area contributed by atoms with E-state index in [0.717, 1.165) is 16.9 Å². The summed E-state index contributed by atoms with van der Waals surface area (Å²) in [5.74, 6) is 0.000548. The average molecular weight is 404 g/mol. The van der Waals surface area contributed by atoms with Crippen molar-refractivity contribution in [1.82, 2.24) is 0 Å². The molecule has 0 aromatic heterocycles. The molecule has 2 N–H and O–H groups in total. The second kappa shape index (κ2) is 7.09. The Hall–Kier alpha value is -3.03. The van der Waals surface area contributed by atoms with Crippen LogP contribution in [0.3, 0.4) is 0 Å². The maximum atomic E-state index is 13.3. The summed E-state index contributed by atoms with van der Waals surface area (Å²) in [6, 6.07) is 19.3. The summed E-state index contributed by atoms with van der Waals surface area (Å²) in [5, 5.41) is 10.6. The zero-order valence-corrected chi connectivity index (χ0v) is 17.2. The minimum absolute atomic E-state index is 0.0734. The standard InChI is InChI=1S/C24H22ClN3O/c1-24(2)12-19-22(20(29)13-24)21(15-6-4-3-5-7-15)18(14-26)23(27)28(19)17-10-8-16(25)9-11-17/h3-11,21H,12-13,27H2,1-2H3. The Morgan fingerprint density at radius 1 is 1.10 bits per heavy atom. The summed E-state index contributed by atoms with van der Waals surface area (Å²) in [5.41, 5.74) is 10.0. The third kappa shape index (κ3) is 3.32. The number of Topliss-reactive ketones (excluding diaryl/α,β-unsaturated/α-hetero) is 1. The number of allylic oxidation sites excluding steroid dienone is 3. The highest BCUT2D eigenvalue weighted by atomic mass is 35.5. The molecule has 5 heteroatoms. The maximum Gasteiger partial charge on any atom is 0.162 e. The van der Waals surface area contributed by atoms with Gasteiger partial charge in [-0.3, -0.25) is 9.69 Å². The molecule has 0 saturated heterocycles. The summed E-state index contributed by atoms with van der Waals surface area (Å²) >= 11 is 6.07. The van der Waals surface area contributed by atoms with Gasteiger partial charge in [0.2, 0.25) is 0 Å². The number of nitrogens with two attached hydrogens (primary N) is 1. The number of hydrogen-bond donors (Lipinski definition) is 1. The summed E-state index contributed by atoms with van der Waals surface area (Å²) in [7, 11) is 0. The van der Waals surface area contributed by atoms with Gasteiger partial charge in [0.15, 0.2) is 5.78 Å². The van der Waals surface area contributed by atoms with Crippen LogP contribution in [0.5, 0.6) is 0 Å². The van der Waals surface area contributed by atoms with E-state index >= 15 is 0 Å². The van der Waals surface area contributed by atoms with Crippen LogP contribution in [0.4, 0.5) is 5.69 Å². The Morgan fingerprint density at radius 2 is 1.76 bits per heavy atom. The Kier molecular flexibility index (Phi) is 4.72. The molecule has 0 bridgehead atoms. The second-order valence-corrected chi connectivity index (χ2v) is 8.80. The van der Waals surface area contributed by atoms with E-state index in [0.29, 0.717) is 34.8 Å². The van der Waals surface area contributed by atoms with Gasteiger partial charge in [0.1, 0.15) is 5.82 Å². The number of benzene rings is 2. The molecule has 4 rings (SSSR count). The third-order valence-corrected chi connectivity index (χ3v) is 5.85. The molecule has 2 aromatic rings. The quantitative estimate of drug-likeness (QED) is 0.740. The van der Waals surface area contributed by atoms with Gasteiger partial charge < -0.3 is 5.73 Å². The van der Waals surface area contributed by atoms with Crippen molar-refractivity contribution >= 4 is 23.1 Å². The molecule has 1 unspecified atom stereocenters. The Labute approximate surface area is 175 Å². The smallest absolute Gasteiger partial charge is 0.162 e. The van der Waals surface area contributed by atoms with Crippen molar-refractivity contribution < 1.29 is 4.79 Å². The number of nitrogens with zero attached hydrogens (tertiary/aromatic N) is 2. The largest absolute Gasteiger partial charge is 0.384 e. The lowest BCUT2D eigenvalue weighted by Crippen LogP contribution is -2.42. The van der Waals surface area contributed by atoms with Crippen molar-refractivity contribution in [2.45, 2.75) is 32.6 Å². The van der Waals surface area contributed by atoms with E-state index in [1.165, 1.54) is 0 Å². The van der Waals surface area contributed by atoms with Crippen LogP contribution < -0.4 is 10.6 Å². The van der Waals surface area contributed by atoms with Gasteiger partial charge in [-0.1, -0.05) is 55.8 Å². The molecule has 1 aliphatic carbocycles. The lowest BCUT2D eigenvalue weighted by atomic mass is 9.68. The van der Waals surface area contributed by atoms with E-state index in [2.05, 4.69) is 19.9 Å². The Bertz CT molecular complexity index is 1080.